The molecule has 0 spiro atoms. The van der Waals surface area contributed by atoms with Gasteiger partial charge in [0.05, 0.1) is 5.69 Å². The normalized spacial score (nSPS) is 18.0. The molecule has 120 valence electrons. The highest BCUT2D eigenvalue weighted by atomic mass is 19.4. The standard InChI is InChI=1S/C13H13F4N3O2/c14-7-5-8-10(6-9(7)20-3-1-18-2-4-20)22-12(19-8)11(21)13(15,16)17/h5-6,11,18,21H,1-4H2. The molecule has 1 aliphatic heterocycles. The molecular formula is C13H13F4N3O2. The fourth-order valence-electron chi connectivity index (χ4n) is 2.36. The maximum atomic E-state index is 14.1. The number of aliphatic hydroxyl groups is 1. The number of halogens is 4. The Morgan fingerprint density at radius 1 is 1.27 bits per heavy atom. The Labute approximate surface area is 122 Å². The summed E-state index contributed by atoms with van der Waals surface area (Å²) in [7, 11) is 0. The van der Waals surface area contributed by atoms with E-state index in [4.69, 9.17) is 9.52 Å². The van der Waals surface area contributed by atoms with Gasteiger partial charge >= 0.3 is 6.18 Å². The van der Waals surface area contributed by atoms with Gasteiger partial charge in [-0.2, -0.15) is 13.2 Å². The molecule has 0 aliphatic carbocycles. The van der Waals surface area contributed by atoms with Crippen LogP contribution in [0.4, 0.5) is 23.2 Å². The van der Waals surface area contributed by atoms with E-state index >= 15 is 0 Å². The molecule has 1 atom stereocenters. The molecule has 9 heteroatoms. The van der Waals surface area contributed by atoms with E-state index < -0.39 is 24.0 Å². The highest BCUT2D eigenvalue weighted by Gasteiger charge is 2.43. The Bertz CT molecular complexity index is 680. The maximum Gasteiger partial charge on any atom is 0.423 e. The van der Waals surface area contributed by atoms with Gasteiger partial charge in [0.15, 0.2) is 5.58 Å². The number of oxazole rings is 1. The number of nitrogens with zero attached hydrogens (tertiary/aromatic N) is 2. The summed E-state index contributed by atoms with van der Waals surface area (Å²) < 4.78 is 56.5. The van der Waals surface area contributed by atoms with Gasteiger partial charge in [0.1, 0.15) is 11.3 Å². The van der Waals surface area contributed by atoms with Crippen molar-refractivity contribution in [1.29, 1.82) is 0 Å². The number of aliphatic hydroxyl groups excluding tert-OH is 1. The number of aromatic nitrogens is 1. The van der Waals surface area contributed by atoms with Crippen molar-refractivity contribution < 1.29 is 27.1 Å². The highest BCUT2D eigenvalue weighted by molar-refractivity contribution is 5.78. The summed E-state index contributed by atoms with van der Waals surface area (Å²) >= 11 is 0. The molecule has 0 amide bonds. The fraction of sp³-hybridized carbons (Fsp3) is 0.462. The van der Waals surface area contributed by atoms with Crippen LogP contribution in [0, 0.1) is 5.82 Å². The molecular weight excluding hydrogens is 306 g/mol. The van der Waals surface area contributed by atoms with Crippen LogP contribution in [-0.4, -0.2) is 42.4 Å². The quantitative estimate of drug-likeness (QED) is 0.829. The number of hydrogen-bond donors (Lipinski definition) is 2. The number of hydrogen-bond acceptors (Lipinski definition) is 5. The second-order valence-corrected chi connectivity index (χ2v) is 5.00. The third kappa shape index (κ3) is 2.73. The van der Waals surface area contributed by atoms with Crippen LogP contribution in [0.1, 0.15) is 12.0 Å². The fourth-order valence-corrected chi connectivity index (χ4v) is 2.36. The Hall–Kier alpha value is -1.87. The summed E-state index contributed by atoms with van der Waals surface area (Å²) in [5.41, 5.74) is 0.195. The average molecular weight is 319 g/mol. The topological polar surface area (TPSA) is 61.5 Å². The Morgan fingerprint density at radius 2 is 1.95 bits per heavy atom. The van der Waals surface area contributed by atoms with Crippen LogP contribution in [0.15, 0.2) is 16.5 Å². The lowest BCUT2D eigenvalue weighted by Crippen LogP contribution is -2.43. The second kappa shape index (κ2) is 5.40. The van der Waals surface area contributed by atoms with Crippen molar-refractivity contribution in [3.05, 3.63) is 23.8 Å². The molecule has 0 bridgehead atoms. The average Bonchev–Trinajstić information content (AvgIpc) is 2.88. The van der Waals surface area contributed by atoms with E-state index in [1.54, 1.807) is 4.90 Å². The van der Waals surface area contributed by atoms with Crippen molar-refractivity contribution in [2.45, 2.75) is 12.3 Å². The van der Waals surface area contributed by atoms with E-state index in [-0.39, 0.29) is 16.8 Å². The van der Waals surface area contributed by atoms with Gasteiger partial charge in [-0.15, -0.1) is 0 Å². The molecule has 3 rings (SSSR count). The Balaban J connectivity index is 1.98. The van der Waals surface area contributed by atoms with Crippen molar-refractivity contribution in [2.24, 2.45) is 0 Å². The van der Waals surface area contributed by atoms with E-state index in [1.807, 2.05) is 0 Å². The van der Waals surface area contributed by atoms with Crippen molar-refractivity contribution >= 4 is 16.8 Å². The monoisotopic (exact) mass is 319 g/mol. The van der Waals surface area contributed by atoms with Crippen molar-refractivity contribution in [2.75, 3.05) is 31.1 Å². The third-order valence-corrected chi connectivity index (χ3v) is 3.48. The molecule has 1 saturated heterocycles. The Kier molecular flexibility index (Phi) is 3.69. The first-order chi connectivity index (χ1) is 10.4. The minimum atomic E-state index is -4.89. The lowest BCUT2D eigenvalue weighted by Gasteiger charge is -2.29. The lowest BCUT2D eigenvalue weighted by molar-refractivity contribution is -0.212. The largest absolute Gasteiger partial charge is 0.437 e. The zero-order valence-electron chi connectivity index (χ0n) is 11.3. The smallest absolute Gasteiger partial charge is 0.423 e. The zero-order chi connectivity index (χ0) is 15.9. The predicted molar refractivity (Wildman–Crippen MR) is 70.1 cm³/mol. The van der Waals surface area contributed by atoms with Crippen LogP contribution in [0.5, 0.6) is 0 Å². The number of anilines is 1. The highest BCUT2D eigenvalue weighted by Crippen LogP contribution is 2.35. The number of nitrogens with one attached hydrogen (secondary N) is 1. The van der Waals surface area contributed by atoms with E-state index in [2.05, 4.69) is 10.3 Å². The second-order valence-electron chi connectivity index (χ2n) is 5.00. The van der Waals surface area contributed by atoms with Gasteiger partial charge < -0.3 is 19.7 Å². The molecule has 22 heavy (non-hydrogen) atoms. The molecule has 2 heterocycles. The summed E-state index contributed by atoms with van der Waals surface area (Å²) in [6.45, 7) is 2.53. The van der Waals surface area contributed by atoms with E-state index in [9.17, 15) is 17.6 Å². The van der Waals surface area contributed by atoms with Crippen molar-refractivity contribution in [1.82, 2.24) is 10.3 Å². The van der Waals surface area contributed by atoms with Gasteiger partial charge in [-0.25, -0.2) is 9.37 Å². The van der Waals surface area contributed by atoms with E-state index in [0.29, 0.717) is 26.2 Å². The zero-order valence-corrected chi connectivity index (χ0v) is 11.3. The number of fused-ring (bicyclic) bond motifs is 1. The molecule has 0 radical (unpaired) electrons. The summed E-state index contributed by atoms with van der Waals surface area (Å²) in [5.74, 6) is -1.48. The summed E-state index contributed by atoms with van der Waals surface area (Å²) in [4.78, 5) is 5.29. The minimum Gasteiger partial charge on any atom is -0.437 e. The Morgan fingerprint density at radius 3 is 2.59 bits per heavy atom. The van der Waals surface area contributed by atoms with Crippen LogP contribution in [0.3, 0.4) is 0 Å². The van der Waals surface area contributed by atoms with Crippen LogP contribution in [0.2, 0.25) is 0 Å². The summed E-state index contributed by atoms with van der Waals surface area (Å²) in [5, 5.41) is 12.3. The number of piperazine rings is 1. The molecule has 2 N–H and O–H groups in total. The van der Waals surface area contributed by atoms with Gasteiger partial charge in [-0.05, 0) is 0 Å². The van der Waals surface area contributed by atoms with Crippen LogP contribution in [-0.2, 0) is 0 Å². The number of rotatable bonds is 2. The minimum absolute atomic E-state index is 0.00762. The predicted octanol–water partition coefficient (Wildman–Crippen LogP) is 1.97. The molecule has 2 aromatic rings. The van der Waals surface area contributed by atoms with Gasteiger partial charge in [0.2, 0.25) is 12.0 Å². The molecule has 5 nitrogen and oxygen atoms in total. The number of benzene rings is 1. The molecule has 1 unspecified atom stereocenters. The molecule has 1 aromatic heterocycles. The lowest BCUT2D eigenvalue weighted by atomic mass is 10.2. The number of alkyl halides is 3. The van der Waals surface area contributed by atoms with Gasteiger partial charge in [0, 0.05) is 38.3 Å². The van der Waals surface area contributed by atoms with Crippen LogP contribution >= 0.6 is 0 Å². The van der Waals surface area contributed by atoms with Crippen LogP contribution in [0.25, 0.3) is 11.1 Å². The molecule has 1 fully saturated rings. The SMILES string of the molecule is OC(c1nc2cc(F)c(N3CCNCC3)cc2o1)C(F)(F)F. The van der Waals surface area contributed by atoms with Crippen molar-refractivity contribution in [3.8, 4) is 0 Å². The van der Waals surface area contributed by atoms with Crippen LogP contribution < -0.4 is 10.2 Å². The van der Waals surface area contributed by atoms with E-state index in [1.165, 1.54) is 6.07 Å². The van der Waals surface area contributed by atoms with Gasteiger partial charge in [0.25, 0.3) is 0 Å². The first-order valence-electron chi connectivity index (χ1n) is 6.66. The summed E-state index contributed by atoms with van der Waals surface area (Å²) in [6, 6.07) is 2.33. The molecule has 0 saturated carbocycles. The van der Waals surface area contributed by atoms with Gasteiger partial charge in [-0.3, -0.25) is 0 Å². The maximum absolute atomic E-state index is 14.1. The molecule has 1 aromatic carbocycles. The van der Waals surface area contributed by atoms with Crippen molar-refractivity contribution in [3.63, 3.8) is 0 Å². The molecule has 1 aliphatic rings. The first kappa shape index (κ1) is 15.0. The van der Waals surface area contributed by atoms with Gasteiger partial charge in [-0.1, -0.05) is 0 Å². The summed E-state index contributed by atoms with van der Waals surface area (Å²) in [6.07, 6.45) is -7.72. The third-order valence-electron chi connectivity index (χ3n) is 3.48. The van der Waals surface area contributed by atoms with E-state index in [0.717, 1.165) is 6.07 Å². The first-order valence-corrected chi connectivity index (χ1v) is 6.66.